The van der Waals surface area contributed by atoms with Crippen molar-refractivity contribution in [1.82, 2.24) is 4.90 Å². The molecule has 2 atom stereocenters. The second-order valence-corrected chi connectivity index (χ2v) is 7.17. The van der Waals surface area contributed by atoms with Crippen molar-refractivity contribution in [2.45, 2.75) is 25.6 Å². The fourth-order valence-corrected chi connectivity index (χ4v) is 4.31. The van der Waals surface area contributed by atoms with E-state index in [9.17, 15) is 13.5 Å². The number of benzene rings is 1. The molecule has 19 heavy (non-hydrogen) atoms. The molecule has 0 saturated carbocycles. The van der Waals surface area contributed by atoms with Crippen molar-refractivity contribution in [3.05, 3.63) is 29.8 Å². The van der Waals surface area contributed by atoms with Crippen molar-refractivity contribution in [3.63, 3.8) is 0 Å². The first kappa shape index (κ1) is 14.3. The topological polar surface area (TPSA) is 83.6 Å². The predicted molar refractivity (Wildman–Crippen MR) is 75.4 cm³/mol. The van der Waals surface area contributed by atoms with E-state index in [1.807, 2.05) is 36.1 Å². The Morgan fingerprint density at radius 2 is 1.95 bits per heavy atom. The van der Waals surface area contributed by atoms with Crippen LogP contribution in [0.5, 0.6) is 0 Å². The van der Waals surface area contributed by atoms with E-state index in [0.29, 0.717) is 18.8 Å². The molecular weight excluding hydrogens is 264 g/mol. The molecule has 0 aliphatic carbocycles. The maximum Gasteiger partial charge on any atom is 0.154 e. The monoisotopic (exact) mass is 284 g/mol. The third kappa shape index (κ3) is 3.46. The summed E-state index contributed by atoms with van der Waals surface area (Å²) in [4.78, 5) is 2.00. The fourth-order valence-electron chi connectivity index (χ4n) is 2.48. The zero-order chi connectivity index (χ0) is 14.0. The highest BCUT2D eigenvalue weighted by Gasteiger charge is 2.39. The molecule has 106 valence electrons. The van der Waals surface area contributed by atoms with Gasteiger partial charge in [-0.05, 0) is 24.2 Å². The minimum Gasteiger partial charge on any atom is -0.399 e. The van der Waals surface area contributed by atoms with Gasteiger partial charge in [0.1, 0.15) is 0 Å². The highest BCUT2D eigenvalue weighted by molar-refractivity contribution is 7.91. The van der Waals surface area contributed by atoms with Crippen molar-refractivity contribution in [2.75, 3.05) is 23.8 Å². The standard InChI is InChI=1S/C13H20N2O3S/c1-2-15(7-10-3-5-11(14)6-4-10)12-8-19(17,18)9-13(12)16/h3-6,12-13,16H,2,7-9,14H2,1H3/t12-,13-/m1/s1. The molecular formula is C13H20N2O3S. The molecule has 0 bridgehead atoms. The van der Waals surface area contributed by atoms with E-state index < -0.39 is 15.9 Å². The Kier molecular flexibility index (Phi) is 4.13. The molecule has 1 aliphatic heterocycles. The molecule has 0 aromatic heterocycles. The van der Waals surface area contributed by atoms with Gasteiger partial charge in [-0.3, -0.25) is 4.90 Å². The van der Waals surface area contributed by atoms with E-state index >= 15 is 0 Å². The first-order chi connectivity index (χ1) is 8.91. The smallest absolute Gasteiger partial charge is 0.154 e. The van der Waals surface area contributed by atoms with E-state index in [-0.39, 0.29) is 17.5 Å². The van der Waals surface area contributed by atoms with Crippen LogP contribution >= 0.6 is 0 Å². The van der Waals surface area contributed by atoms with Gasteiger partial charge in [-0.1, -0.05) is 19.1 Å². The van der Waals surface area contributed by atoms with E-state index in [2.05, 4.69) is 0 Å². The molecule has 0 amide bonds. The maximum absolute atomic E-state index is 11.6. The van der Waals surface area contributed by atoms with Crippen LogP contribution in [0.1, 0.15) is 12.5 Å². The van der Waals surface area contributed by atoms with Crippen molar-refractivity contribution in [3.8, 4) is 0 Å². The van der Waals surface area contributed by atoms with E-state index in [1.54, 1.807) is 0 Å². The third-order valence-corrected chi connectivity index (χ3v) is 5.23. The second kappa shape index (κ2) is 5.48. The number of hydrogen-bond donors (Lipinski definition) is 2. The summed E-state index contributed by atoms with van der Waals surface area (Å²) in [6, 6.07) is 7.19. The number of aliphatic hydroxyl groups excluding tert-OH is 1. The molecule has 1 heterocycles. The molecule has 1 aliphatic rings. The molecule has 0 spiro atoms. The first-order valence-electron chi connectivity index (χ1n) is 6.38. The number of nitrogens with two attached hydrogens (primary N) is 1. The van der Waals surface area contributed by atoms with Gasteiger partial charge in [-0.15, -0.1) is 0 Å². The summed E-state index contributed by atoms with van der Waals surface area (Å²) in [5.41, 5.74) is 7.40. The number of aliphatic hydroxyl groups is 1. The predicted octanol–water partition coefficient (Wildman–Crippen LogP) is 0.249. The summed E-state index contributed by atoms with van der Waals surface area (Å²) in [7, 11) is -3.11. The minimum atomic E-state index is -3.11. The summed E-state index contributed by atoms with van der Waals surface area (Å²) in [6.07, 6.45) is -0.793. The average molecular weight is 284 g/mol. The number of hydrogen-bond acceptors (Lipinski definition) is 5. The Bertz CT molecular complexity index is 527. The van der Waals surface area contributed by atoms with Crippen molar-refractivity contribution >= 4 is 15.5 Å². The first-order valence-corrected chi connectivity index (χ1v) is 8.20. The number of nitrogens with zero attached hydrogens (tertiary/aromatic N) is 1. The van der Waals surface area contributed by atoms with Crippen LogP contribution in [-0.2, 0) is 16.4 Å². The lowest BCUT2D eigenvalue weighted by Gasteiger charge is -2.28. The van der Waals surface area contributed by atoms with Gasteiger partial charge in [0.15, 0.2) is 9.84 Å². The lowest BCUT2D eigenvalue weighted by molar-refractivity contribution is 0.0819. The molecule has 2 rings (SSSR count). The summed E-state index contributed by atoms with van der Waals surface area (Å²) in [5, 5.41) is 9.91. The van der Waals surface area contributed by atoms with Gasteiger partial charge in [0.05, 0.1) is 23.7 Å². The average Bonchev–Trinajstić information content (AvgIpc) is 2.62. The largest absolute Gasteiger partial charge is 0.399 e. The maximum atomic E-state index is 11.6. The molecule has 1 aromatic rings. The number of likely N-dealkylation sites (N-methyl/N-ethyl adjacent to an activating group) is 1. The Balaban J connectivity index is 2.10. The zero-order valence-corrected chi connectivity index (χ0v) is 11.8. The quantitative estimate of drug-likeness (QED) is 0.774. The Hall–Kier alpha value is -1.11. The van der Waals surface area contributed by atoms with Crippen LogP contribution in [0, 0.1) is 0 Å². The minimum absolute atomic E-state index is 0.0387. The number of nitrogen functional groups attached to an aromatic ring is 1. The summed E-state index contributed by atoms with van der Waals surface area (Å²) in [5.74, 6) is -0.0904. The van der Waals surface area contributed by atoms with Crippen molar-refractivity contribution in [1.29, 1.82) is 0 Å². The van der Waals surface area contributed by atoms with Crippen LogP contribution in [-0.4, -0.2) is 48.6 Å². The number of rotatable bonds is 4. The summed E-state index contributed by atoms with van der Waals surface area (Å²) < 4.78 is 23.1. The third-order valence-electron chi connectivity index (χ3n) is 3.53. The molecule has 3 N–H and O–H groups in total. The number of sulfone groups is 1. The highest BCUT2D eigenvalue weighted by atomic mass is 32.2. The molecule has 0 radical (unpaired) electrons. The van der Waals surface area contributed by atoms with Gasteiger partial charge >= 0.3 is 0 Å². The SMILES string of the molecule is CCN(Cc1ccc(N)cc1)[C@@H]1CS(=O)(=O)C[C@H]1O. The normalized spacial score (nSPS) is 25.8. The van der Waals surface area contributed by atoms with Crippen molar-refractivity contribution in [2.24, 2.45) is 0 Å². The fraction of sp³-hybridized carbons (Fsp3) is 0.538. The van der Waals surface area contributed by atoms with Crippen LogP contribution < -0.4 is 5.73 Å². The van der Waals surface area contributed by atoms with Gasteiger partial charge < -0.3 is 10.8 Å². The molecule has 0 unspecified atom stereocenters. The number of anilines is 1. The lowest BCUT2D eigenvalue weighted by atomic mass is 10.1. The van der Waals surface area contributed by atoms with Crippen LogP contribution in [0.25, 0.3) is 0 Å². The summed E-state index contributed by atoms with van der Waals surface area (Å²) in [6.45, 7) is 3.28. The highest BCUT2D eigenvalue weighted by Crippen LogP contribution is 2.20. The van der Waals surface area contributed by atoms with Gasteiger partial charge in [0, 0.05) is 12.2 Å². The summed E-state index contributed by atoms with van der Waals surface area (Å²) >= 11 is 0. The van der Waals surface area contributed by atoms with Gasteiger partial charge in [0.25, 0.3) is 0 Å². The van der Waals surface area contributed by atoms with Gasteiger partial charge in [0.2, 0.25) is 0 Å². The van der Waals surface area contributed by atoms with Crippen LogP contribution in [0.15, 0.2) is 24.3 Å². The van der Waals surface area contributed by atoms with E-state index in [0.717, 1.165) is 5.56 Å². The molecule has 5 nitrogen and oxygen atoms in total. The zero-order valence-electron chi connectivity index (χ0n) is 11.0. The van der Waals surface area contributed by atoms with Crippen LogP contribution in [0.3, 0.4) is 0 Å². The molecule has 1 saturated heterocycles. The van der Waals surface area contributed by atoms with Crippen LogP contribution in [0.4, 0.5) is 5.69 Å². The molecule has 1 fully saturated rings. The Morgan fingerprint density at radius 3 is 2.42 bits per heavy atom. The van der Waals surface area contributed by atoms with Crippen molar-refractivity contribution < 1.29 is 13.5 Å². The molecule has 6 heteroatoms. The van der Waals surface area contributed by atoms with Gasteiger partial charge in [-0.25, -0.2) is 8.42 Å². The van der Waals surface area contributed by atoms with Gasteiger partial charge in [-0.2, -0.15) is 0 Å². The lowest BCUT2D eigenvalue weighted by Crippen LogP contribution is -2.42. The molecule has 1 aromatic carbocycles. The van der Waals surface area contributed by atoms with E-state index in [1.165, 1.54) is 0 Å². The second-order valence-electron chi connectivity index (χ2n) is 5.02. The van der Waals surface area contributed by atoms with E-state index in [4.69, 9.17) is 5.73 Å². The Morgan fingerprint density at radius 1 is 1.32 bits per heavy atom. The van der Waals surface area contributed by atoms with Crippen LogP contribution in [0.2, 0.25) is 0 Å². The Labute approximate surface area is 113 Å².